The van der Waals surface area contributed by atoms with Crippen molar-refractivity contribution in [3.63, 3.8) is 0 Å². The number of halogens is 4. The molecule has 0 bridgehead atoms. The quantitative estimate of drug-likeness (QED) is 0.304. The summed E-state index contributed by atoms with van der Waals surface area (Å²) < 4.78 is 82.9. The number of aromatic amines is 1. The summed E-state index contributed by atoms with van der Waals surface area (Å²) in [5, 5.41) is 3.03. The topological polar surface area (TPSA) is 124 Å². The molecule has 0 amide bonds. The monoisotopic (exact) mass is 603 g/mol. The minimum Gasteiger partial charge on any atom is -0.344 e. The third-order valence-electron chi connectivity index (χ3n) is 6.64. The second-order valence-electron chi connectivity index (χ2n) is 9.65. The molecule has 4 aromatic rings. The van der Waals surface area contributed by atoms with E-state index >= 15 is 0 Å². The number of aryl methyl sites for hydroxylation is 1. The summed E-state index contributed by atoms with van der Waals surface area (Å²) in [6, 6.07) is 10.0. The van der Waals surface area contributed by atoms with Gasteiger partial charge < -0.3 is 15.2 Å². The van der Waals surface area contributed by atoms with Crippen LogP contribution in [0.2, 0.25) is 0 Å². The molecule has 3 aromatic heterocycles. The first-order valence-electron chi connectivity index (χ1n) is 12.7. The summed E-state index contributed by atoms with van der Waals surface area (Å²) in [7, 11) is -4.15. The smallest absolute Gasteiger partial charge is 0.344 e. The molecule has 220 valence electrons. The first-order chi connectivity index (χ1) is 19.9. The second kappa shape index (κ2) is 11.5. The van der Waals surface area contributed by atoms with Gasteiger partial charge in [0.2, 0.25) is 15.6 Å². The Bertz CT molecular complexity index is 1750. The number of hydrogen-bond acceptors (Lipinski definition) is 8. The van der Waals surface area contributed by atoms with Gasteiger partial charge in [-0.3, -0.25) is 4.79 Å². The SMILES string of the molecule is Cc1nccc(Nc2cc(-c3cc(N4CCN(S(=O)(=O)Cc5ccc(F)cc5)CC4C(F)(F)F)[nH]c(=O)c3)ccn2)n1. The standard InChI is InChI=1S/C27H25F4N7O3S/c1-17-32-9-7-23(34-17)35-24-12-19(6-8-33-24)20-13-25(36-26(39)14-20)38-11-10-37(15-22(38)27(29,30)31)42(40,41)16-18-2-4-21(28)5-3-18/h2-9,12-14,22H,10-11,15-16H2,1H3,(H,36,39)(H,32,33,34,35). The number of sulfonamides is 1. The van der Waals surface area contributed by atoms with Gasteiger partial charge in [0.05, 0.1) is 5.75 Å². The highest BCUT2D eigenvalue weighted by Crippen LogP contribution is 2.33. The maximum Gasteiger partial charge on any atom is 0.410 e. The number of alkyl halides is 3. The Morgan fingerprint density at radius 2 is 1.71 bits per heavy atom. The minimum absolute atomic E-state index is 0.104. The molecule has 5 rings (SSSR count). The van der Waals surface area contributed by atoms with Crippen molar-refractivity contribution in [2.24, 2.45) is 0 Å². The number of piperazine rings is 1. The number of anilines is 3. The lowest BCUT2D eigenvalue weighted by Crippen LogP contribution is -2.60. The first kappa shape index (κ1) is 29.1. The van der Waals surface area contributed by atoms with E-state index in [-0.39, 0.29) is 24.5 Å². The van der Waals surface area contributed by atoms with Crippen molar-refractivity contribution in [1.29, 1.82) is 0 Å². The van der Waals surface area contributed by atoms with E-state index in [2.05, 4.69) is 25.3 Å². The van der Waals surface area contributed by atoms with E-state index in [1.54, 1.807) is 31.3 Å². The molecule has 0 spiro atoms. The van der Waals surface area contributed by atoms with Gasteiger partial charge in [0.25, 0.3) is 0 Å². The molecule has 1 aliphatic heterocycles. The fourth-order valence-electron chi connectivity index (χ4n) is 4.65. The Balaban J connectivity index is 1.41. The Labute approximate surface area is 238 Å². The van der Waals surface area contributed by atoms with Gasteiger partial charge in [0, 0.05) is 38.1 Å². The van der Waals surface area contributed by atoms with Crippen molar-refractivity contribution in [2.45, 2.75) is 24.9 Å². The molecule has 0 radical (unpaired) electrons. The summed E-state index contributed by atoms with van der Waals surface area (Å²) in [6.45, 7) is 0.273. The average Bonchev–Trinajstić information content (AvgIpc) is 2.93. The van der Waals surface area contributed by atoms with Crippen LogP contribution in [0.25, 0.3) is 11.1 Å². The van der Waals surface area contributed by atoms with Gasteiger partial charge in [-0.25, -0.2) is 27.8 Å². The molecule has 0 aliphatic carbocycles. The van der Waals surface area contributed by atoms with Crippen molar-refractivity contribution in [3.8, 4) is 11.1 Å². The van der Waals surface area contributed by atoms with Crippen LogP contribution in [-0.4, -0.2) is 64.5 Å². The molecule has 1 fully saturated rings. The summed E-state index contributed by atoms with van der Waals surface area (Å²) in [5.41, 5.74) is 0.466. The molecule has 1 atom stereocenters. The largest absolute Gasteiger partial charge is 0.410 e. The van der Waals surface area contributed by atoms with Gasteiger partial charge in [-0.05, 0) is 60.0 Å². The molecule has 1 saturated heterocycles. The second-order valence-corrected chi connectivity index (χ2v) is 11.6. The van der Waals surface area contributed by atoms with E-state index in [0.29, 0.717) is 28.6 Å². The summed E-state index contributed by atoms with van der Waals surface area (Å²) in [4.78, 5) is 28.5. The average molecular weight is 604 g/mol. The number of nitrogens with zero attached hydrogens (tertiary/aromatic N) is 5. The van der Waals surface area contributed by atoms with Crippen LogP contribution in [0.3, 0.4) is 0 Å². The van der Waals surface area contributed by atoms with Gasteiger partial charge >= 0.3 is 6.18 Å². The van der Waals surface area contributed by atoms with Crippen molar-refractivity contribution >= 4 is 27.5 Å². The lowest BCUT2D eigenvalue weighted by molar-refractivity contribution is -0.153. The minimum atomic E-state index is -4.82. The lowest BCUT2D eigenvalue weighted by atomic mass is 10.1. The molecule has 1 aliphatic rings. The highest BCUT2D eigenvalue weighted by Gasteiger charge is 2.49. The maximum atomic E-state index is 14.3. The predicted octanol–water partition coefficient (Wildman–Crippen LogP) is 4.00. The molecule has 42 heavy (non-hydrogen) atoms. The van der Waals surface area contributed by atoms with Gasteiger partial charge in [-0.2, -0.15) is 17.5 Å². The number of rotatable bonds is 7. The molecule has 0 saturated carbocycles. The molecule has 10 nitrogen and oxygen atoms in total. The number of aromatic nitrogens is 4. The van der Waals surface area contributed by atoms with Crippen LogP contribution in [0.1, 0.15) is 11.4 Å². The lowest BCUT2D eigenvalue weighted by Gasteiger charge is -2.42. The normalized spacial score (nSPS) is 16.4. The third-order valence-corrected chi connectivity index (χ3v) is 8.46. The Kier molecular flexibility index (Phi) is 7.97. The van der Waals surface area contributed by atoms with Crippen molar-refractivity contribution < 1.29 is 26.0 Å². The Morgan fingerprint density at radius 3 is 2.43 bits per heavy atom. The van der Waals surface area contributed by atoms with E-state index < -0.39 is 45.9 Å². The third kappa shape index (κ3) is 6.74. The zero-order chi connectivity index (χ0) is 30.1. The van der Waals surface area contributed by atoms with Crippen LogP contribution < -0.4 is 15.8 Å². The number of benzene rings is 1. The van der Waals surface area contributed by atoms with Crippen LogP contribution in [0.5, 0.6) is 0 Å². The van der Waals surface area contributed by atoms with Crippen LogP contribution in [-0.2, 0) is 15.8 Å². The summed E-state index contributed by atoms with van der Waals surface area (Å²) in [6.07, 6.45) is -1.77. The summed E-state index contributed by atoms with van der Waals surface area (Å²) in [5.74, 6) is 0.181. The molecule has 2 N–H and O–H groups in total. The number of nitrogens with one attached hydrogen (secondary N) is 2. The number of pyridine rings is 2. The van der Waals surface area contributed by atoms with E-state index in [0.717, 1.165) is 21.3 Å². The number of hydrogen-bond donors (Lipinski definition) is 2. The fourth-order valence-corrected chi connectivity index (χ4v) is 6.17. The van der Waals surface area contributed by atoms with Crippen molar-refractivity contribution in [1.82, 2.24) is 24.2 Å². The van der Waals surface area contributed by atoms with Crippen LogP contribution >= 0.6 is 0 Å². The molecule has 1 aromatic carbocycles. The van der Waals surface area contributed by atoms with Gasteiger partial charge in [0.15, 0.2) is 0 Å². The highest BCUT2D eigenvalue weighted by atomic mass is 32.2. The summed E-state index contributed by atoms with van der Waals surface area (Å²) >= 11 is 0. The Hall–Kier alpha value is -4.37. The zero-order valence-electron chi connectivity index (χ0n) is 22.1. The van der Waals surface area contributed by atoms with Crippen LogP contribution in [0, 0.1) is 12.7 Å². The molecular formula is C27H25F4N7O3S. The molecule has 1 unspecified atom stereocenters. The van der Waals surface area contributed by atoms with E-state index in [9.17, 15) is 30.8 Å². The van der Waals surface area contributed by atoms with Crippen LogP contribution in [0.4, 0.5) is 35.0 Å². The number of H-pyrrole nitrogens is 1. The molecule has 15 heteroatoms. The van der Waals surface area contributed by atoms with Gasteiger partial charge in [-0.1, -0.05) is 12.1 Å². The van der Waals surface area contributed by atoms with E-state index in [1.165, 1.54) is 30.5 Å². The van der Waals surface area contributed by atoms with E-state index in [1.807, 2.05) is 0 Å². The highest BCUT2D eigenvalue weighted by molar-refractivity contribution is 7.88. The zero-order valence-corrected chi connectivity index (χ0v) is 23.0. The van der Waals surface area contributed by atoms with Gasteiger partial charge in [-0.15, -0.1) is 0 Å². The molecular weight excluding hydrogens is 578 g/mol. The fraction of sp³-hybridized carbons (Fsp3) is 0.259. The Morgan fingerprint density at radius 1 is 0.976 bits per heavy atom. The van der Waals surface area contributed by atoms with Crippen LogP contribution in [0.15, 0.2) is 71.8 Å². The van der Waals surface area contributed by atoms with E-state index in [4.69, 9.17) is 0 Å². The first-order valence-corrected chi connectivity index (χ1v) is 14.3. The maximum absolute atomic E-state index is 14.3. The van der Waals surface area contributed by atoms with Crippen molar-refractivity contribution in [3.05, 3.63) is 94.5 Å². The van der Waals surface area contributed by atoms with Crippen molar-refractivity contribution in [2.75, 3.05) is 29.9 Å². The molecule has 4 heterocycles. The van der Waals surface area contributed by atoms with Gasteiger partial charge in [0.1, 0.15) is 35.1 Å². The predicted molar refractivity (Wildman–Crippen MR) is 148 cm³/mol.